The Morgan fingerprint density at radius 3 is 2.57 bits per heavy atom. The Bertz CT molecular complexity index is 632. The molecule has 9 heteroatoms. The number of carbonyl (C=O) groups is 1. The van der Waals surface area contributed by atoms with Crippen LogP contribution < -0.4 is 4.90 Å². The molecule has 1 amide bonds. The highest BCUT2D eigenvalue weighted by atomic mass is 19.4. The van der Waals surface area contributed by atoms with E-state index in [1.54, 1.807) is 6.92 Å². The first kappa shape index (κ1) is 14.8. The topological polar surface area (TPSA) is 71.9 Å². The summed E-state index contributed by atoms with van der Waals surface area (Å²) in [4.78, 5) is 13.6. The van der Waals surface area contributed by atoms with Crippen molar-refractivity contribution < 1.29 is 18.0 Å². The molecule has 0 aromatic carbocycles. The summed E-state index contributed by atoms with van der Waals surface area (Å²) >= 11 is 0. The van der Waals surface area contributed by atoms with Gasteiger partial charge in [-0.3, -0.25) is 4.79 Å². The van der Waals surface area contributed by atoms with Crippen LogP contribution in [-0.4, -0.2) is 32.8 Å². The van der Waals surface area contributed by atoms with Crippen molar-refractivity contribution in [2.45, 2.75) is 13.1 Å². The molecule has 0 unspecified atom stereocenters. The third-order valence-corrected chi connectivity index (χ3v) is 2.63. The third kappa shape index (κ3) is 3.30. The van der Waals surface area contributed by atoms with Crippen molar-refractivity contribution in [3.05, 3.63) is 42.0 Å². The molecule has 0 aliphatic rings. The Morgan fingerprint density at radius 1 is 1.24 bits per heavy atom. The van der Waals surface area contributed by atoms with Crippen molar-refractivity contribution in [3.63, 3.8) is 0 Å². The Balaban J connectivity index is 2.35. The summed E-state index contributed by atoms with van der Waals surface area (Å²) in [7, 11) is 0. The lowest BCUT2D eigenvalue weighted by Gasteiger charge is -2.20. The molecule has 2 rings (SSSR count). The lowest BCUT2D eigenvalue weighted by molar-refractivity contribution is -0.141. The van der Waals surface area contributed by atoms with Crippen LogP contribution in [0, 0.1) is 0 Å². The first-order chi connectivity index (χ1) is 9.93. The number of nitrogens with zero attached hydrogens (tertiary/aromatic N) is 5. The number of rotatable bonds is 3. The number of alkyl halides is 3. The lowest BCUT2D eigenvalue weighted by atomic mass is 10.2. The largest absolute Gasteiger partial charge is 0.435 e. The summed E-state index contributed by atoms with van der Waals surface area (Å²) in [6, 6.07) is 2.21. The third-order valence-electron chi connectivity index (χ3n) is 2.63. The van der Waals surface area contributed by atoms with Crippen molar-refractivity contribution in [2.75, 3.05) is 11.4 Å². The molecule has 0 atom stereocenters. The van der Waals surface area contributed by atoms with Gasteiger partial charge in [-0.2, -0.15) is 28.5 Å². The van der Waals surface area contributed by atoms with E-state index < -0.39 is 17.8 Å². The van der Waals surface area contributed by atoms with Crippen LogP contribution in [0.25, 0.3) is 0 Å². The van der Waals surface area contributed by atoms with Crippen LogP contribution >= 0.6 is 0 Å². The van der Waals surface area contributed by atoms with Crippen molar-refractivity contribution >= 4 is 11.6 Å². The molecule has 2 aromatic rings. The van der Waals surface area contributed by atoms with Crippen molar-refractivity contribution in [3.8, 4) is 0 Å². The fourth-order valence-electron chi connectivity index (χ4n) is 1.66. The number of halogens is 3. The zero-order chi connectivity index (χ0) is 15.5. The van der Waals surface area contributed by atoms with E-state index in [2.05, 4.69) is 20.4 Å². The van der Waals surface area contributed by atoms with E-state index in [0.29, 0.717) is 11.8 Å². The maximum absolute atomic E-state index is 12.6. The standard InChI is InChI=1S/C12H10F3N5O/c1-2-20(9-3-4-16-17-7-9)11(21)8-5-10(12(13,14)15)19-18-6-8/h3-7H,2H2,1H3. The van der Waals surface area contributed by atoms with Crippen molar-refractivity contribution in [1.29, 1.82) is 0 Å². The molecule has 0 radical (unpaired) electrons. The van der Waals surface area contributed by atoms with Crippen molar-refractivity contribution in [1.82, 2.24) is 20.4 Å². The van der Waals surface area contributed by atoms with E-state index in [1.165, 1.54) is 23.4 Å². The minimum Gasteiger partial charge on any atom is -0.307 e. The average molecular weight is 297 g/mol. The molecule has 0 saturated carbocycles. The molecule has 0 spiro atoms. The number of amides is 1. The van der Waals surface area contributed by atoms with E-state index in [1.807, 2.05) is 0 Å². The summed E-state index contributed by atoms with van der Waals surface area (Å²) in [5.74, 6) is -0.620. The highest BCUT2D eigenvalue weighted by molar-refractivity contribution is 6.05. The lowest BCUT2D eigenvalue weighted by Crippen LogP contribution is -2.31. The zero-order valence-corrected chi connectivity index (χ0v) is 10.9. The van der Waals surface area contributed by atoms with Crippen LogP contribution in [-0.2, 0) is 6.18 Å². The van der Waals surface area contributed by atoms with Gasteiger partial charge in [0.15, 0.2) is 5.69 Å². The molecule has 110 valence electrons. The minimum absolute atomic E-state index is 0.198. The van der Waals surface area contributed by atoms with Gasteiger partial charge < -0.3 is 4.90 Å². The summed E-state index contributed by atoms with van der Waals surface area (Å²) in [5.41, 5.74) is -0.976. The van der Waals surface area contributed by atoms with Gasteiger partial charge in [-0.15, -0.1) is 5.10 Å². The van der Waals surface area contributed by atoms with Crippen LogP contribution in [0.15, 0.2) is 30.7 Å². The molecule has 21 heavy (non-hydrogen) atoms. The molecule has 0 aliphatic carbocycles. The molecule has 0 bridgehead atoms. The predicted octanol–water partition coefficient (Wildman–Crippen LogP) is 1.95. The molecular formula is C12H10F3N5O. The second-order valence-electron chi connectivity index (χ2n) is 3.98. The molecule has 0 fully saturated rings. The maximum Gasteiger partial charge on any atom is 0.435 e. The second kappa shape index (κ2) is 5.81. The molecule has 0 aliphatic heterocycles. The van der Waals surface area contributed by atoms with E-state index in [4.69, 9.17) is 0 Å². The Kier molecular flexibility index (Phi) is 4.10. The highest BCUT2D eigenvalue weighted by Gasteiger charge is 2.34. The summed E-state index contributed by atoms with van der Waals surface area (Å²) in [6.07, 6.45) is -0.925. The van der Waals surface area contributed by atoms with E-state index in [-0.39, 0.29) is 12.1 Å². The van der Waals surface area contributed by atoms with E-state index in [0.717, 1.165) is 6.20 Å². The minimum atomic E-state index is -4.65. The van der Waals surface area contributed by atoms with Gasteiger partial charge in [0, 0.05) is 6.54 Å². The molecule has 2 heterocycles. The van der Waals surface area contributed by atoms with E-state index >= 15 is 0 Å². The van der Waals surface area contributed by atoms with Gasteiger partial charge in [0.2, 0.25) is 0 Å². The summed E-state index contributed by atoms with van der Waals surface area (Å²) in [5, 5.41) is 13.4. The smallest absolute Gasteiger partial charge is 0.307 e. The second-order valence-corrected chi connectivity index (χ2v) is 3.98. The average Bonchev–Trinajstić information content (AvgIpc) is 2.48. The fraction of sp³-hybridized carbons (Fsp3) is 0.250. The SMILES string of the molecule is CCN(C(=O)c1cnnc(C(F)(F)F)c1)c1ccnnc1. The number of carbonyl (C=O) groups excluding carboxylic acids is 1. The van der Waals surface area contributed by atoms with Gasteiger partial charge in [0.05, 0.1) is 29.8 Å². The molecule has 6 nitrogen and oxygen atoms in total. The number of aromatic nitrogens is 4. The van der Waals surface area contributed by atoms with Crippen LogP contribution in [0.4, 0.5) is 18.9 Å². The van der Waals surface area contributed by atoms with Gasteiger partial charge in [0.25, 0.3) is 5.91 Å². The quantitative estimate of drug-likeness (QED) is 0.866. The first-order valence-electron chi connectivity index (χ1n) is 5.92. The van der Waals surface area contributed by atoms with Crippen LogP contribution in [0.2, 0.25) is 0 Å². The Labute approximate surface area is 117 Å². The van der Waals surface area contributed by atoms with Crippen LogP contribution in [0.1, 0.15) is 23.0 Å². The van der Waals surface area contributed by atoms with Gasteiger partial charge in [-0.1, -0.05) is 0 Å². The first-order valence-corrected chi connectivity index (χ1v) is 5.92. The molecular weight excluding hydrogens is 287 g/mol. The molecule has 0 saturated heterocycles. The van der Waals surface area contributed by atoms with Crippen LogP contribution in [0.5, 0.6) is 0 Å². The molecule has 0 N–H and O–H groups in total. The number of hydrogen-bond acceptors (Lipinski definition) is 5. The van der Waals surface area contributed by atoms with Gasteiger partial charge >= 0.3 is 6.18 Å². The van der Waals surface area contributed by atoms with E-state index in [9.17, 15) is 18.0 Å². The Hall–Kier alpha value is -2.58. The van der Waals surface area contributed by atoms with Gasteiger partial charge in [0.1, 0.15) is 0 Å². The molecule has 2 aromatic heterocycles. The maximum atomic E-state index is 12.6. The summed E-state index contributed by atoms with van der Waals surface area (Å²) in [6.45, 7) is 1.95. The monoisotopic (exact) mass is 297 g/mol. The predicted molar refractivity (Wildman–Crippen MR) is 66.4 cm³/mol. The van der Waals surface area contributed by atoms with Gasteiger partial charge in [-0.25, -0.2) is 0 Å². The zero-order valence-electron chi connectivity index (χ0n) is 10.9. The van der Waals surface area contributed by atoms with Crippen molar-refractivity contribution in [2.24, 2.45) is 0 Å². The van der Waals surface area contributed by atoms with Crippen LogP contribution in [0.3, 0.4) is 0 Å². The Morgan fingerprint density at radius 2 is 2.00 bits per heavy atom. The summed E-state index contributed by atoms with van der Waals surface area (Å²) < 4.78 is 37.8. The van der Waals surface area contributed by atoms with Gasteiger partial charge in [-0.05, 0) is 19.1 Å². The highest BCUT2D eigenvalue weighted by Crippen LogP contribution is 2.27. The normalized spacial score (nSPS) is 11.2. The fourth-order valence-corrected chi connectivity index (χ4v) is 1.66. The number of hydrogen-bond donors (Lipinski definition) is 0. The number of anilines is 1.